The van der Waals surface area contributed by atoms with Crippen LogP contribution in [0.5, 0.6) is 0 Å². The lowest BCUT2D eigenvalue weighted by Crippen LogP contribution is -2.26. The van der Waals surface area contributed by atoms with Gasteiger partial charge in [0.25, 0.3) is 0 Å². The molecule has 1 aromatic rings. The van der Waals surface area contributed by atoms with Crippen LogP contribution in [0.25, 0.3) is 0 Å². The molecule has 2 atom stereocenters. The van der Waals surface area contributed by atoms with E-state index >= 15 is 0 Å². The van der Waals surface area contributed by atoms with Crippen molar-refractivity contribution in [1.82, 2.24) is 9.97 Å². The molecule has 4 heteroatoms. The first-order chi connectivity index (χ1) is 7.99. The van der Waals surface area contributed by atoms with Crippen molar-refractivity contribution in [2.75, 3.05) is 6.61 Å². The van der Waals surface area contributed by atoms with Gasteiger partial charge in [0, 0.05) is 30.5 Å². The fraction of sp³-hybridized carbons (Fsp3) is 0.692. The molecule has 17 heavy (non-hydrogen) atoms. The predicted octanol–water partition coefficient (Wildman–Crippen LogP) is 1.70. The van der Waals surface area contributed by atoms with E-state index in [0.717, 1.165) is 43.1 Å². The third kappa shape index (κ3) is 2.82. The van der Waals surface area contributed by atoms with E-state index in [2.05, 4.69) is 16.9 Å². The van der Waals surface area contributed by atoms with Gasteiger partial charge in [-0.25, -0.2) is 9.97 Å². The van der Waals surface area contributed by atoms with E-state index in [9.17, 15) is 0 Å². The first kappa shape index (κ1) is 12.5. The molecule has 2 rings (SSSR count). The van der Waals surface area contributed by atoms with Gasteiger partial charge in [-0.2, -0.15) is 0 Å². The van der Waals surface area contributed by atoms with Crippen molar-refractivity contribution in [2.45, 2.75) is 51.7 Å². The van der Waals surface area contributed by atoms with Crippen LogP contribution in [0.15, 0.2) is 6.07 Å². The van der Waals surface area contributed by atoms with Gasteiger partial charge in [-0.3, -0.25) is 0 Å². The second-order valence-corrected chi connectivity index (χ2v) is 5.19. The minimum Gasteiger partial charge on any atom is -0.367 e. The van der Waals surface area contributed by atoms with E-state index in [1.54, 1.807) is 0 Å². The summed E-state index contributed by atoms with van der Waals surface area (Å²) in [4.78, 5) is 9.13. The van der Waals surface area contributed by atoms with E-state index in [0.29, 0.717) is 0 Å². The van der Waals surface area contributed by atoms with E-state index < -0.39 is 0 Å². The molecule has 0 radical (unpaired) electrons. The Labute approximate surface area is 103 Å². The van der Waals surface area contributed by atoms with Gasteiger partial charge >= 0.3 is 0 Å². The van der Waals surface area contributed by atoms with E-state index in [4.69, 9.17) is 10.5 Å². The van der Waals surface area contributed by atoms with Crippen LogP contribution in [0.2, 0.25) is 0 Å². The SMILES string of the molecule is Cc1cc(CC(C)N)nc(C2(C)CCCO2)n1. The zero-order valence-electron chi connectivity index (χ0n) is 10.9. The van der Waals surface area contributed by atoms with Crippen LogP contribution < -0.4 is 5.73 Å². The van der Waals surface area contributed by atoms with Crippen LogP contribution in [0.1, 0.15) is 43.9 Å². The molecule has 1 aliphatic rings. The van der Waals surface area contributed by atoms with Crippen LogP contribution in [0, 0.1) is 6.92 Å². The van der Waals surface area contributed by atoms with Crippen LogP contribution in [0.3, 0.4) is 0 Å². The Balaban J connectivity index is 2.31. The lowest BCUT2D eigenvalue weighted by molar-refractivity contribution is 0.00900. The molecule has 0 amide bonds. The highest BCUT2D eigenvalue weighted by Crippen LogP contribution is 2.33. The first-order valence-corrected chi connectivity index (χ1v) is 6.24. The predicted molar refractivity (Wildman–Crippen MR) is 66.7 cm³/mol. The highest BCUT2D eigenvalue weighted by molar-refractivity contribution is 5.15. The number of hydrogen-bond donors (Lipinski definition) is 1. The molecule has 0 aromatic carbocycles. The molecule has 1 aromatic heterocycles. The molecule has 1 fully saturated rings. The highest BCUT2D eigenvalue weighted by atomic mass is 16.5. The largest absolute Gasteiger partial charge is 0.367 e. The molecule has 0 saturated carbocycles. The number of aromatic nitrogens is 2. The second kappa shape index (κ2) is 4.70. The monoisotopic (exact) mass is 235 g/mol. The van der Waals surface area contributed by atoms with Crippen molar-refractivity contribution in [3.05, 3.63) is 23.3 Å². The molecule has 1 saturated heterocycles. The Morgan fingerprint density at radius 2 is 2.29 bits per heavy atom. The number of rotatable bonds is 3. The lowest BCUT2D eigenvalue weighted by Gasteiger charge is -2.22. The summed E-state index contributed by atoms with van der Waals surface area (Å²) in [6.07, 6.45) is 2.86. The van der Waals surface area contributed by atoms with Gasteiger partial charge in [0.15, 0.2) is 5.82 Å². The second-order valence-electron chi connectivity index (χ2n) is 5.19. The summed E-state index contributed by atoms with van der Waals surface area (Å²) in [7, 11) is 0. The van der Waals surface area contributed by atoms with Crippen LogP contribution in [-0.2, 0) is 16.8 Å². The third-order valence-electron chi connectivity index (χ3n) is 3.13. The molecule has 4 nitrogen and oxygen atoms in total. The van der Waals surface area contributed by atoms with Crippen molar-refractivity contribution >= 4 is 0 Å². The topological polar surface area (TPSA) is 61.0 Å². The summed E-state index contributed by atoms with van der Waals surface area (Å²) in [5.41, 5.74) is 7.51. The summed E-state index contributed by atoms with van der Waals surface area (Å²) < 4.78 is 5.79. The van der Waals surface area contributed by atoms with Crippen molar-refractivity contribution in [1.29, 1.82) is 0 Å². The number of aryl methyl sites for hydroxylation is 1. The molecule has 0 bridgehead atoms. The van der Waals surface area contributed by atoms with Gasteiger partial charge in [-0.05, 0) is 39.7 Å². The smallest absolute Gasteiger partial charge is 0.160 e. The van der Waals surface area contributed by atoms with Gasteiger partial charge in [-0.15, -0.1) is 0 Å². The Hall–Kier alpha value is -1.00. The maximum Gasteiger partial charge on any atom is 0.160 e. The minimum atomic E-state index is -0.307. The van der Waals surface area contributed by atoms with Gasteiger partial charge in [0.2, 0.25) is 0 Å². The molecular formula is C13H21N3O. The van der Waals surface area contributed by atoms with E-state index in [-0.39, 0.29) is 11.6 Å². The molecule has 2 unspecified atom stereocenters. The minimum absolute atomic E-state index is 0.120. The van der Waals surface area contributed by atoms with E-state index in [1.165, 1.54) is 0 Å². The van der Waals surface area contributed by atoms with Crippen molar-refractivity contribution in [3.63, 3.8) is 0 Å². The van der Waals surface area contributed by atoms with Crippen LogP contribution >= 0.6 is 0 Å². The fourth-order valence-corrected chi connectivity index (χ4v) is 2.26. The normalized spacial score (nSPS) is 26.1. The molecule has 2 heterocycles. The first-order valence-electron chi connectivity index (χ1n) is 6.24. The zero-order chi connectivity index (χ0) is 12.5. The molecular weight excluding hydrogens is 214 g/mol. The molecule has 1 aliphatic heterocycles. The van der Waals surface area contributed by atoms with Crippen molar-refractivity contribution in [3.8, 4) is 0 Å². The van der Waals surface area contributed by atoms with Gasteiger partial charge < -0.3 is 10.5 Å². The van der Waals surface area contributed by atoms with Gasteiger partial charge in [0.1, 0.15) is 5.60 Å². The van der Waals surface area contributed by atoms with Crippen LogP contribution in [0.4, 0.5) is 0 Å². The molecule has 94 valence electrons. The molecule has 2 N–H and O–H groups in total. The average Bonchev–Trinajstić information content (AvgIpc) is 2.64. The van der Waals surface area contributed by atoms with Crippen LogP contribution in [-0.4, -0.2) is 22.6 Å². The Bertz CT molecular complexity index is 398. The zero-order valence-corrected chi connectivity index (χ0v) is 10.9. The maximum atomic E-state index is 5.82. The average molecular weight is 235 g/mol. The summed E-state index contributed by atoms with van der Waals surface area (Å²) in [5.74, 6) is 0.811. The summed E-state index contributed by atoms with van der Waals surface area (Å²) in [6, 6.07) is 2.12. The number of ether oxygens (including phenoxy) is 1. The number of nitrogens with two attached hydrogens (primary N) is 1. The maximum absolute atomic E-state index is 5.82. The number of nitrogens with zero attached hydrogens (tertiary/aromatic N) is 2. The van der Waals surface area contributed by atoms with E-state index in [1.807, 2.05) is 19.9 Å². The van der Waals surface area contributed by atoms with Gasteiger partial charge in [0.05, 0.1) is 0 Å². The Morgan fingerprint density at radius 1 is 1.53 bits per heavy atom. The summed E-state index contributed by atoms with van der Waals surface area (Å²) >= 11 is 0. The standard InChI is InChI=1S/C13H21N3O/c1-9(14)7-11-8-10(2)15-12(16-11)13(3)5-4-6-17-13/h8-9H,4-7,14H2,1-3H3. The summed E-state index contributed by atoms with van der Waals surface area (Å²) in [5, 5.41) is 0. The fourth-order valence-electron chi connectivity index (χ4n) is 2.26. The highest BCUT2D eigenvalue weighted by Gasteiger charge is 2.35. The lowest BCUT2D eigenvalue weighted by atomic mass is 10.0. The van der Waals surface area contributed by atoms with Gasteiger partial charge in [-0.1, -0.05) is 0 Å². The third-order valence-corrected chi connectivity index (χ3v) is 3.13. The quantitative estimate of drug-likeness (QED) is 0.866. The molecule has 0 spiro atoms. The molecule has 0 aliphatic carbocycles. The van der Waals surface area contributed by atoms with Crippen molar-refractivity contribution in [2.24, 2.45) is 5.73 Å². The van der Waals surface area contributed by atoms with Crippen molar-refractivity contribution < 1.29 is 4.74 Å². The Kier molecular flexibility index (Phi) is 3.45. The summed E-state index contributed by atoms with van der Waals surface area (Å²) in [6.45, 7) is 6.86. The Morgan fingerprint density at radius 3 is 2.88 bits per heavy atom. The number of hydrogen-bond acceptors (Lipinski definition) is 4.